The maximum atomic E-state index is 13.6. The van der Waals surface area contributed by atoms with Crippen molar-refractivity contribution in [3.63, 3.8) is 0 Å². The number of carbonyl (C=O) groups excluding carboxylic acids is 2. The molecule has 3 N–H and O–H groups in total. The van der Waals surface area contributed by atoms with E-state index in [4.69, 9.17) is 9.47 Å². The van der Waals surface area contributed by atoms with Crippen molar-refractivity contribution >= 4 is 34.1 Å². The van der Waals surface area contributed by atoms with Crippen LogP contribution in [0.4, 0.5) is 16.2 Å². The first kappa shape index (κ1) is 31.8. The Kier molecular flexibility index (Phi) is 10.2. The Hall–Kier alpha value is -4.60. The summed E-state index contributed by atoms with van der Waals surface area (Å²) in [5.41, 5.74) is 3.08. The number of hydrogen-bond acceptors (Lipinski definition) is 6. The van der Waals surface area contributed by atoms with Gasteiger partial charge < -0.3 is 30.1 Å². The normalized spacial score (nSPS) is 17.5. The minimum absolute atomic E-state index is 0.0171. The number of aliphatic hydroxyl groups is 1. The summed E-state index contributed by atoms with van der Waals surface area (Å²) in [6.45, 7) is 5.58. The summed E-state index contributed by atoms with van der Waals surface area (Å²) >= 11 is 0. The van der Waals surface area contributed by atoms with Gasteiger partial charge in [0.1, 0.15) is 17.6 Å². The maximum Gasteiger partial charge on any atom is 0.323 e. The van der Waals surface area contributed by atoms with Crippen LogP contribution in [0.15, 0.2) is 84.9 Å². The zero-order valence-electron chi connectivity index (χ0n) is 26.3. The van der Waals surface area contributed by atoms with Gasteiger partial charge in [0, 0.05) is 42.2 Å². The molecule has 0 spiro atoms. The van der Waals surface area contributed by atoms with Crippen LogP contribution in [0.1, 0.15) is 25.0 Å². The Labute approximate surface area is 264 Å². The van der Waals surface area contributed by atoms with Gasteiger partial charge in [-0.15, -0.1) is 0 Å². The fraction of sp³-hybridized carbons (Fsp3) is 0.333. The standard InChI is InChI=1S/C36H42N4O5/c1-24-20-40(25(2)23-41)35(42)19-28-18-29(37-36(43)38-32-11-7-9-27-8-5-6-10-31(27)32)14-17-33(28)45-34(24)22-39(3)21-26-12-15-30(44-4)16-13-26/h5-18,24-25,34,41H,19-23H2,1-4H3,(H2,37,38,43)/t24-,25+,34-/m0/s1. The number of benzene rings is 4. The lowest BCUT2D eigenvalue weighted by Gasteiger charge is -2.34. The summed E-state index contributed by atoms with van der Waals surface area (Å²) in [7, 11) is 3.70. The predicted molar refractivity (Wildman–Crippen MR) is 178 cm³/mol. The average Bonchev–Trinajstić information content (AvgIpc) is 3.08. The van der Waals surface area contributed by atoms with Gasteiger partial charge in [0.25, 0.3) is 0 Å². The van der Waals surface area contributed by atoms with E-state index in [0.717, 1.165) is 22.1 Å². The van der Waals surface area contributed by atoms with E-state index in [1.165, 1.54) is 0 Å². The van der Waals surface area contributed by atoms with Crippen molar-refractivity contribution in [3.8, 4) is 11.5 Å². The second kappa shape index (κ2) is 14.5. The molecule has 1 heterocycles. The molecule has 3 amide bonds. The third-order valence-electron chi connectivity index (χ3n) is 8.32. The number of urea groups is 1. The summed E-state index contributed by atoms with van der Waals surface area (Å²) < 4.78 is 11.9. The van der Waals surface area contributed by atoms with Crippen LogP contribution in [0.25, 0.3) is 10.8 Å². The molecule has 236 valence electrons. The molecule has 1 aliphatic rings. The van der Waals surface area contributed by atoms with Gasteiger partial charge in [-0.1, -0.05) is 55.5 Å². The molecule has 4 aromatic carbocycles. The molecule has 5 rings (SSSR count). The predicted octanol–water partition coefficient (Wildman–Crippen LogP) is 5.77. The van der Waals surface area contributed by atoms with Crippen molar-refractivity contribution in [2.24, 2.45) is 5.92 Å². The van der Waals surface area contributed by atoms with Gasteiger partial charge in [0.2, 0.25) is 5.91 Å². The first-order valence-electron chi connectivity index (χ1n) is 15.3. The number of carbonyl (C=O) groups is 2. The second-order valence-corrected chi connectivity index (χ2v) is 11.9. The van der Waals surface area contributed by atoms with Gasteiger partial charge in [-0.25, -0.2) is 4.79 Å². The number of amides is 3. The topological polar surface area (TPSA) is 103 Å². The monoisotopic (exact) mass is 610 g/mol. The molecule has 0 saturated heterocycles. The van der Waals surface area contributed by atoms with Crippen molar-refractivity contribution in [2.45, 2.75) is 39.0 Å². The van der Waals surface area contributed by atoms with Crippen molar-refractivity contribution < 1.29 is 24.2 Å². The SMILES string of the molecule is COc1ccc(CN(C)C[C@@H]2Oc3ccc(NC(=O)Nc4cccc5ccccc45)cc3CC(=O)N([C@H](C)CO)C[C@@H]2C)cc1. The number of likely N-dealkylation sites (N-methyl/N-ethyl adjacent to an activating group) is 1. The van der Waals surface area contributed by atoms with Gasteiger partial charge in [-0.2, -0.15) is 0 Å². The van der Waals surface area contributed by atoms with E-state index in [2.05, 4.69) is 29.5 Å². The smallest absolute Gasteiger partial charge is 0.323 e. The Morgan fingerprint density at radius 1 is 1.07 bits per heavy atom. The summed E-state index contributed by atoms with van der Waals surface area (Å²) in [5.74, 6) is 1.31. The number of rotatable bonds is 9. The number of anilines is 2. The van der Waals surface area contributed by atoms with Gasteiger partial charge in [0.05, 0.1) is 31.9 Å². The third kappa shape index (κ3) is 7.92. The van der Waals surface area contributed by atoms with Crippen LogP contribution in [-0.4, -0.2) is 72.8 Å². The van der Waals surface area contributed by atoms with E-state index in [9.17, 15) is 14.7 Å². The molecule has 0 aromatic heterocycles. The number of methoxy groups -OCH3 is 1. The lowest BCUT2D eigenvalue weighted by Crippen LogP contribution is -2.47. The molecule has 0 aliphatic carbocycles. The summed E-state index contributed by atoms with van der Waals surface area (Å²) in [5, 5.41) is 17.8. The fourth-order valence-electron chi connectivity index (χ4n) is 5.76. The number of nitrogens with one attached hydrogen (secondary N) is 2. The molecule has 0 saturated carbocycles. The fourth-order valence-corrected chi connectivity index (χ4v) is 5.76. The van der Waals surface area contributed by atoms with Crippen LogP contribution in [0, 0.1) is 5.92 Å². The van der Waals surface area contributed by atoms with Crippen LogP contribution in [0.2, 0.25) is 0 Å². The van der Waals surface area contributed by atoms with Crippen molar-refractivity contribution in [1.82, 2.24) is 9.80 Å². The van der Waals surface area contributed by atoms with Crippen LogP contribution >= 0.6 is 0 Å². The highest BCUT2D eigenvalue weighted by Gasteiger charge is 2.31. The molecule has 0 radical (unpaired) electrons. The summed E-state index contributed by atoms with van der Waals surface area (Å²) in [4.78, 5) is 30.6. The number of nitrogens with zero attached hydrogens (tertiary/aromatic N) is 2. The van der Waals surface area contributed by atoms with Crippen LogP contribution in [-0.2, 0) is 17.8 Å². The highest BCUT2D eigenvalue weighted by atomic mass is 16.5. The van der Waals surface area contributed by atoms with E-state index < -0.39 is 0 Å². The third-order valence-corrected chi connectivity index (χ3v) is 8.32. The van der Waals surface area contributed by atoms with E-state index in [0.29, 0.717) is 42.3 Å². The van der Waals surface area contributed by atoms with Crippen LogP contribution < -0.4 is 20.1 Å². The van der Waals surface area contributed by atoms with Crippen LogP contribution in [0.5, 0.6) is 11.5 Å². The molecule has 0 unspecified atom stereocenters. The Morgan fingerprint density at radius 2 is 1.82 bits per heavy atom. The Bertz CT molecular complexity index is 1620. The summed E-state index contributed by atoms with van der Waals surface area (Å²) in [6, 6.07) is 26.3. The van der Waals surface area contributed by atoms with Gasteiger partial charge in [0.15, 0.2) is 0 Å². The minimum Gasteiger partial charge on any atom is -0.497 e. The molecule has 3 atom stereocenters. The molecule has 4 aromatic rings. The number of hydrogen-bond donors (Lipinski definition) is 3. The van der Waals surface area contributed by atoms with E-state index in [1.807, 2.05) is 79.7 Å². The number of fused-ring (bicyclic) bond motifs is 2. The highest BCUT2D eigenvalue weighted by molar-refractivity contribution is 6.06. The number of aliphatic hydroxyl groups excluding tert-OH is 1. The number of ether oxygens (including phenoxy) is 2. The minimum atomic E-state index is -0.385. The van der Waals surface area contributed by atoms with Gasteiger partial charge in [-0.05, 0) is 61.3 Å². The van der Waals surface area contributed by atoms with Crippen molar-refractivity contribution in [1.29, 1.82) is 0 Å². The lowest BCUT2D eigenvalue weighted by molar-refractivity contribution is -0.134. The zero-order chi connectivity index (χ0) is 31.9. The largest absolute Gasteiger partial charge is 0.497 e. The molecular weight excluding hydrogens is 568 g/mol. The molecular formula is C36H42N4O5. The molecule has 1 aliphatic heterocycles. The molecule has 0 fully saturated rings. The average molecular weight is 611 g/mol. The van der Waals surface area contributed by atoms with E-state index in [-0.39, 0.29) is 43.0 Å². The van der Waals surface area contributed by atoms with E-state index >= 15 is 0 Å². The van der Waals surface area contributed by atoms with Gasteiger partial charge in [-0.3, -0.25) is 9.69 Å². The second-order valence-electron chi connectivity index (χ2n) is 11.9. The van der Waals surface area contributed by atoms with Gasteiger partial charge >= 0.3 is 6.03 Å². The lowest BCUT2D eigenvalue weighted by atomic mass is 10.0. The Morgan fingerprint density at radius 3 is 2.58 bits per heavy atom. The molecule has 0 bridgehead atoms. The quantitative estimate of drug-likeness (QED) is 0.222. The van der Waals surface area contributed by atoms with Crippen molar-refractivity contribution in [2.75, 3.05) is 44.5 Å². The Balaban J connectivity index is 1.36. The molecule has 45 heavy (non-hydrogen) atoms. The first-order valence-corrected chi connectivity index (χ1v) is 15.3. The zero-order valence-corrected chi connectivity index (χ0v) is 26.3. The van der Waals surface area contributed by atoms with Crippen LogP contribution in [0.3, 0.4) is 0 Å². The molecule has 9 nitrogen and oxygen atoms in total. The van der Waals surface area contributed by atoms with E-state index in [1.54, 1.807) is 24.1 Å². The van der Waals surface area contributed by atoms with Crippen molar-refractivity contribution in [3.05, 3.63) is 96.1 Å². The maximum absolute atomic E-state index is 13.6. The summed E-state index contributed by atoms with van der Waals surface area (Å²) in [6.07, 6.45) is -0.152. The highest BCUT2D eigenvalue weighted by Crippen LogP contribution is 2.30. The molecule has 9 heteroatoms. The first-order chi connectivity index (χ1) is 21.7.